The second-order valence-corrected chi connectivity index (χ2v) is 6.03. The third-order valence-electron chi connectivity index (χ3n) is 4.49. The lowest BCUT2D eigenvalue weighted by Gasteiger charge is -2.36. The van der Waals surface area contributed by atoms with E-state index in [1.165, 1.54) is 0 Å². The van der Waals surface area contributed by atoms with E-state index in [0.717, 1.165) is 35.8 Å². The maximum atomic E-state index is 12.4. The molecule has 7 heteroatoms. The number of nitrogens with zero attached hydrogens (tertiary/aromatic N) is 3. The first-order valence-corrected chi connectivity index (χ1v) is 8.60. The number of urea groups is 1. The fourth-order valence-corrected chi connectivity index (χ4v) is 2.99. The highest BCUT2D eigenvalue weighted by atomic mass is 16.5. The summed E-state index contributed by atoms with van der Waals surface area (Å²) in [7, 11) is 3.29. The van der Waals surface area contributed by atoms with Crippen LogP contribution in [0.2, 0.25) is 0 Å². The molecule has 1 aromatic carbocycles. The molecule has 0 bridgehead atoms. The maximum Gasteiger partial charge on any atom is 0.317 e. The molecule has 0 spiro atoms. The molecule has 1 aliphatic heterocycles. The van der Waals surface area contributed by atoms with Crippen LogP contribution in [-0.4, -0.2) is 56.3 Å². The molecule has 1 aromatic heterocycles. The van der Waals surface area contributed by atoms with Gasteiger partial charge in [-0.3, -0.25) is 4.98 Å². The van der Waals surface area contributed by atoms with Gasteiger partial charge in [0.2, 0.25) is 0 Å². The van der Waals surface area contributed by atoms with E-state index in [2.05, 4.69) is 15.2 Å². The standard InChI is InChI=1S/C19H24N4O3/c1-25-16-3-4-17(18(13-16)26-2)22-9-11-23(12-10-22)19(24)21-14-15-5-7-20-8-6-15/h3-8,13H,9-12,14H2,1-2H3,(H,21,24). The molecule has 26 heavy (non-hydrogen) atoms. The van der Waals surface area contributed by atoms with Crippen molar-refractivity contribution in [2.75, 3.05) is 45.3 Å². The second-order valence-electron chi connectivity index (χ2n) is 6.03. The number of ether oxygens (including phenoxy) is 2. The summed E-state index contributed by atoms with van der Waals surface area (Å²) >= 11 is 0. The number of aromatic nitrogens is 1. The van der Waals surface area contributed by atoms with Crippen LogP contribution < -0.4 is 19.7 Å². The Morgan fingerprint density at radius 3 is 2.46 bits per heavy atom. The number of methoxy groups -OCH3 is 2. The number of anilines is 1. The smallest absolute Gasteiger partial charge is 0.317 e. The predicted octanol–water partition coefficient (Wildman–Crippen LogP) is 2.13. The number of amides is 2. The summed E-state index contributed by atoms with van der Waals surface area (Å²) in [6.45, 7) is 3.35. The van der Waals surface area contributed by atoms with Gasteiger partial charge in [0.25, 0.3) is 0 Å². The normalized spacial score (nSPS) is 14.1. The van der Waals surface area contributed by atoms with Gasteiger partial charge in [0.15, 0.2) is 0 Å². The van der Waals surface area contributed by atoms with Crippen LogP contribution in [0.1, 0.15) is 5.56 Å². The van der Waals surface area contributed by atoms with Crippen molar-refractivity contribution in [1.29, 1.82) is 0 Å². The van der Waals surface area contributed by atoms with Crippen LogP contribution in [0, 0.1) is 0 Å². The highest BCUT2D eigenvalue weighted by Gasteiger charge is 2.23. The summed E-state index contributed by atoms with van der Waals surface area (Å²) in [5.41, 5.74) is 2.06. The van der Waals surface area contributed by atoms with Crippen molar-refractivity contribution in [3.63, 3.8) is 0 Å². The van der Waals surface area contributed by atoms with E-state index in [0.29, 0.717) is 19.6 Å². The van der Waals surface area contributed by atoms with Crippen LogP contribution in [0.5, 0.6) is 11.5 Å². The molecule has 138 valence electrons. The van der Waals surface area contributed by atoms with Gasteiger partial charge in [-0.2, -0.15) is 0 Å². The van der Waals surface area contributed by atoms with E-state index in [4.69, 9.17) is 9.47 Å². The van der Waals surface area contributed by atoms with E-state index in [9.17, 15) is 4.79 Å². The van der Waals surface area contributed by atoms with Gasteiger partial charge in [-0.15, -0.1) is 0 Å². The lowest BCUT2D eigenvalue weighted by molar-refractivity contribution is 0.194. The number of piperazine rings is 1. The Morgan fingerprint density at radius 1 is 1.08 bits per heavy atom. The molecule has 1 saturated heterocycles. The summed E-state index contributed by atoms with van der Waals surface area (Å²) in [4.78, 5) is 20.4. The Morgan fingerprint density at radius 2 is 1.81 bits per heavy atom. The van der Waals surface area contributed by atoms with Gasteiger partial charge in [0, 0.05) is 51.2 Å². The summed E-state index contributed by atoms with van der Waals surface area (Å²) in [5, 5.41) is 2.96. The molecule has 3 rings (SSSR count). The van der Waals surface area contributed by atoms with Crippen molar-refractivity contribution in [2.24, 2.45) is 0 Å². The number of carbonyl (C=O) groups is 1. The number of nitrogens with one attached hydrogen (secondary N) is 1. The molecule has 1 aliphatic rings. The van der Waals surface area contributed by atoms with E-state index >= 15 is 0 Å². The topological polar surface area (TPSA) is 66.9 Å². The fourth-order valence-electron chi connectivity index (χ4n) is 2.99. The van der Waals surface area contributed by atoms with Crippen LogP contribution in [0.4, 0.5) is 10.5 Å². The Kier molecular flexibility index (Phi) is 5.78. The number of carbonyl (C=O) groups excluding carboxylic acids is 1. The van der Waals surface area contributed by atoms with Crippen molar-refractivity contribution in [1.82, 2.24) is 15.2 Å². The second kappa shape index (κ2) is 8.42. The van der Waals surface area contributed by atoms with E-state index in [-0.39, 0.29) is 6.03 Å². The molecule has 0 saturated carbocycles. The van der Waals surface area contributed by atoms with Gasteiger partial charge in [-0.1, -0.05) is 0 Å². The van der Waals surface area contributed by atoms with Crippen LogP contribution in [0.25, 0.3) is 0 Å². The van der Waals surface area contributed by atoms with Crippen LogP contribution in [0.3, 0.4) is 0 Å². The number of hydrogen-bond donors (Lipinski definition) is 1. The van der Waals surface area contributed by atoms with E-state index in [1.807, 2.05) is 35.2 Å². The molecule has 0 unspecified atom stereocenters. The zero-order chi connectivity index (χ0) is 18.4. The number of hydrogen-bond acceptors (Lipinski definition) is 5. The largest absolute Gasteiger partial charge is 0.497 e. The minimum absolute atomic E-state index is 0.0387. The molecular formula is C19H24N4O3. The van der Waals surface area contributed by atoms with E-state index < -0.39 is 0 Å². The van der Waals surface area contributed by atoms with Crippen molar-refractivity contribution in [2.45, 2.75) is 6.54 Å². The first-order chi connectivity index (χ1) is 12.7. The maximum absolute atomic E-state index is 12.4. The lowest BCUT2D eigenvalue weighted by atomic mass is 10.2. The monoisotopic (exact) mass is 356 g/mol. The minimum atomic E-state index is -0.0387. The van der Waals surface area contributed by atoms with Crippen molar-refractivity contribution >= 4 is 11.7 Å². The molecular weight excluding hydrogens is 332 g/mol. The van der Waals surface area contributed by atoms with Crippen molar-refractivity contribution < 1.29 is 14.3 Å². The predicted molar refractivity (Wildman–Crippen MR) is 99.8 cm³/mol. The van der Waals surface area contributed by atoms with Crippen LogP contribution in [-0.2, 0) is 6.54 Å². The summed E-state index contributed by atoms with van der Waals surface area (Å²) in [6.07, 6.45) is 3.45. The van der Waals surface area contributed by atoms with Gasteiger partial charge in [-0.25, -0.2) is 4.79 Å². The third-order valence-corrected chi connectivity index (χ3v) is 4.49. The zero-order valence-corrected chi connectivity index (χ0v) is 15.1. The first kappa shape index (κ1) is 17.8. The molecule has 1 N–H and O–H groups in total. The van der Waals surface area contributed by atoms with Crippen molar-refractivity contribution in [3.8, 4) is 11.5 Å². The summed E-state index contributed by atoms with van der Waals surface area (Å²) in [6, 6.07) is 9.55. The Bertz CT molecular complexity index is 731. The average molecular weight is 356 g/mol. The van der Waals surface area contributed by atoms with E-state index in [1.54, 1.807) is 26.6 Å². The van der Waals surface area contributed by atoms with Crippen LogP contribution in [0.15, 0.2) is 42.7 Å². The molecule has 0 aliphatic carbocycles. The molecule has 0 atom stereocenters. The lowest BCUT2D eigenvalue weighted by Crippen LogP contribution is -2.51. The molecule has 7 nitrogen and oxygen atoms in total. The van der Waals surface area contributed by atoms with Gasteiger partial charge in [0.1, 0.15) is 11.5 Å². The average Bonchev–Trinajstić information content (AvgIpc) is 2.72. The molecule has 1 fully saturated rings. The number of rotatable bonds is 5. The third kappa shape index (κ3) is 4.17. The minimum Gasteiger partial charge on any atom is -0.497 e. The van der Waals surface area contributed by atoms with Gasteiger partial charge >= 0.3 is 6.03 Å². The summed E-state index contributed by atoms with van der Waals surface area (Å²) in [5.74, 6) is 1.54. The molecule has 0 radical (unpaired) electrons. The quantitative estimate of drug-likeness (QED) is 0.889. The van der Waals surface area contributed by atoms with Gasteiger partial charge in [0.05, 0.1) is 19.9 Å². The van der Waals surface area contributed by atoms with Crippen molar-refractivity contribution in [3.05, 3.63) is 48.3 Å². The zero-order valence-electron chi connectivity index (χ0n) is 15.1. The summed E-state index contributed by atoms with van der Waals surface area (Å²) < 4.78 is 10.7. The molecule has 2 heterocycles. The fraction of sp³-hybridized carbons (Fsp3) is 0.368. The Hall–Kier alpha value is -2.96. The Balaban J connectivity index is 1.55. The SMILES string of the molecule is COc1ccc(N2CCN(C(=O)NCc3ccncc3)CC2)c(OC)c1. The first-order valence-electron chi connectivity index (χ1n) is 8.60. The number of pyridine rings is 1. The molecule has 2 aromatic rings. The van der Waals surface area contributed by atoms with Gasteiger partial charge < -0.3 is 24.6 Å². The molecule has 2 amide bonds. The number of benzene rings is 1. The highest BCUT2D eigenvalue weighted by Crippen LogP contribution is 2.32. The highest BCUT2D eigenvalue weighted by molar-refractivity contribution is 5.74. The Labute approximate surface area is 153 Å². The van der Waals surface area contributed by atoms with Gasteiger partial charge in [-0.05, 0) is 29.8 Å². The van der Waals surface area contributed by atoms with Crippen LogP contribution >= 0.6 is 0 Å².